The highest BCUT2D eigenvalue weighted by Gasteiger charge is 2.51. The van der Waals surface area contributed by atoms with E-state index in [2.05, 4.69) is 18.1 Å². The fraction of sp³-hybridized carbons (Fsp3) is 0.733. The molecule has 2 saturated carbocycles. The van der Waals surface area contributed by atoms with Gasteiger partial charge in [0, 0.05) is 13.0 Å². The molecule has 0 radical (unpaired) electrons. The molecule has 2 aliphatic rings. The number of fused-ring (bicyclic) bond motifs is 2. The summed E-state index contributed by atoms with van der Waals surface area (Å²) in [5.74, 6) is 1.33. The maximum atomic E-state index is 9.74. The third-order valence-electron chi connectivity index (χ3n) is 5.13. The minimum atomic E-state index is -0.189. The maximum Gasteiger partial charge on any atom is 0.0847 e. The summed E-state index contributed by atoms with van der Waals surface area (Å²) < 4.78 is 1.97. The van der Waals surface area contributed by atoms with Gasteiger partial charge in [-0.05, 0) is 44.9 Å². The van der Waals surface area contributed by atoms with Crippen LogP contribution in [0, 0.1) is 35.5 Å². The van der Waals surface area contributed by atoms with Crippen LogP contribution in [0.5, 0.6) is 0 Å². The Morgan fingerprint density at radius 3 is 2.84 bits per heavy atom. The number of rotatable bonds is 3. The molecule has 1 aromatic rings. The minimum absolute atomic E-state index is 0.189. The van der Waals surface area contributed by atoms with E-state index in [0.29, 0.717) is 5.92 Å². The van der Waals surface area contributed by atoms with Crippen molar-refractivity contribution < 1.29 is 0 Å². The number of hydrogen-bond donors (Lipinski definition) is 0. The molecule has 4 heteroatoms. The second kappa shape index (κ2) is 4.52. The van der Waals surface area contributed by atoms with Crippen LogP contribution in [-0.2, 0) is 13.0 Å². The molecule has 0 saturated heterocycles. The van der Waals surface area contributed by atoms with E-state index in [9.17, 15) is 5.26 Å². The van der Waals surface area contributed by atoms with Crippen molar-refractivity contribution >= 4 is 11.6 Å². The zero-order valence-corrected chi connectivity index (χ0v) is 12.4. The molecule has 0 aromatic carbocycles. The lowest BCUT2D eigenvalue weighted by molar-refractivity contribution is 0.234. The van der Waals surface area contributed by atoms with E-state index in [1.165, 1.54) is 19.3 Å². The van der Waals surface area contributed by atoms with E-state index in [1.807, 2.05) is 11.6 Å². The van der Waals surface area contributed by atoms with Gasteiger partial charge in [0.25, 0.3) is 0 Å². The average Bonchev–Trinajstić information content (AvgIpc) is 3.08. The molecule has 0 spiro atoms. The lowest BCUT2D eigenvalue weighted by atomic mass is 9.71. The van der Waals surface area contributed by atoms with E-state index in [4.69, 9.17) is 11.6 Å². The summed E-state index contributed by atoms with van der Waals surface area (Å²) in [5, 5.41) is 15.0. The normalized spacial score (nSPS) is 32.7. The van der Waals surface area contributed by atoms with E-state index in [-0.39, 0.29) is 5.41 Å². The van der Waals surface area contributed by atoms with Crippen LogP contribution in [0.1, 0.15) is 44.0 Å². The zero-order valence-electron chi connectivity index (χ0n) is 11.6. The van der Waals surface area contributed by atoms with E-state index in [0.717, 1.165) is 41.7 Å². The first-order valence-corrected chi connectivity index (χ1v) is 7.60. The number of nitrogens with zero attached hydrogens (tertiary/aromatic N) is 3. The highest BCUT2D eigenvalue weighted by molar-refractivity contribution is 6.31. The summed E-state index contributed by atoms with van der Waals surface area (Å²) in [6.45, 7) is 4.84. The summed E-state index contributed by atoms with van der Waals surface area (Å²) in [7, 11) is 0. The predicted octanol–water partition coefficient (Wildman–Crippen LogP) is 3.74. The molecule has 2 fully saturated rings. The van der Waals surface area contributed by atoms with Crippen LogP contribution in [0.3, 0.4) is 0 Å². The molecular formula is C15H20ClN3. The molecular weight excluding hydrogens is 258 g/mol. The van der Waals surface area contributed by atoms with Crippen molar-refractivity contribution in [3.63, 3.8) is 0 Å². The Morgan fingerprint density at radius 2 is 2.32 bits per heavy atom. The number of halogens is 1. The van der Waals surface area contributed by atoms with Crippen LogP contribution < -0.4 is 0 Å². The van der Waals surface area contributed by atoms with Crippen LogP contribution in [0.25, 0.3) is 0 Å². The fourth-order valence-electron chi connectivity index (χ4n) is 4.17. The Hall–Kier alpha value is -1.01. The van der Waals surface area contributed by atoms with Gasteiger partial charge in [-0.25, -0.2) is 0 Å². The van der Waals surface area contributed by atoms with Crippen molar-refractivity contribution in [2.45, 2.75) is 52.5 Å². The molecule has 0 N–H and O–H groups in total. The van der Waals surface area contributed by atoms with Gasteiger partial charge in [0.05, 0.1) is 27.9 Å². The first-order chi connectivity index (χ1) is 9.09. The standard InChI is InChI=1S/C15H20ClN3/c1-3-19-13(14(16)10(2)18-19)8-15(9-17)7-11-4-5-12(15)6-11/h11-12H,3-8H2,1-2H3. The topological polar surface area (TPSA) is 41.6 Å². The molecule has 3 rings (SSSR count). The molecule has 3 atom stereocenters. The summed E-state index contributed by atoms with van der Waals surface area (Å²) in [6.07, 6.45) is 5.60. The average molecular weight is 278 g/mol. The number of nitriles is 1. The largest absolute Gasteiger partial charge is 0.268 e. The highest BCUT2D eigenvalue weighted by Crippen LogP contribution is 2.57. The van der Waals surface area contributed by atoms with Crippen molar-refractivity contribution in [3.8, 4) is 6.07 Å². The van der Waals surface area contributed by atoms with Crippen LogP contribution in [0.15, 0.2) is 0 Å². The van der Waals surface area contributed by atoms with E-state index in [1.54, 1.807) is 0 Å². The second-order valence-corrected chi connectivity index (χ2v) is 6.56. The SMILES string of the molecule is CCn1nc(C)c(Cl)c1CC1(C#N)CC2CCC1C2. The number of hydrogen-bond acceptors (Lipinski definition) is 2. The second-order valence-electron chi connectivity index (χ2n) is 6.19. The van der Waals surface area contributed by atoms with Gasteiger partial charge in [-0.15, -0.1) is 0 Å². The summed E-state index contributed by atoms with van der Waals surface area (Å²) in [6, 6.07) is 2.65. The van der Waals surface area contributed by atoms with Crippen molar-refractivity contribution in [1.29, 1.82) is 5.26 Å². The molecule has 0 amide bonds. The fourth-order valence-corrected chi connectivity index (χ4v) is 4.38. The Morgan fingerprint density at radius 1 is 1.53 bits per heavy atom. The molecule has 0 aliphatic heterocycles. The highest BCUT2D eigenvalue weighted by atomic mass is 35.5. The first-order valence-electron chi connectivity index (χ1n) is 7.22. The molecule has 3 nitrogen and oxygen atoms in total. The van der Waals surface area contributed by atoms with Gasteiger partial charge in [-0.3, -0.25) is 4.68 Å². The van der Waals surface area contributed by atoms with Crippen LogP contribution in [0.2, 0.25) is 5.02 Å². The Kier molecular flexibility index (Phi) is 3.09. The summed E-state index contributed by atoms with van der Waals surface area (Å²) in [4.78, 5) is 0. The minimum Gasteiger partial charge on any atom is -0.268 e. The smallest absolute Gasteiger partial charge is 0.0847 e. The third kappa shape index (κ3) is 1.89. The zero-order chi connectivity index (χ0) is 13.6. The van der Waals surface area contributed by atoms with Crippen molar-refractivity contribution in [2.75, 3.05) is 0 Å². The van der Waals surface area contributed by atoms with Crippen molar-refractivity contribution in [2.24, 2.45) is 17.3 Å². The van der Waals surface area contributed by atoms with E-state index < -0.39 is 0 Å². The van der Waals surface area contributed by atoms with Gasteiger partial charge in [0.15, 0.2) is 0 Å². The lowest BCUT2D eigenvalue weighted by Crippen LogP contribution is -2.29. The molecule has 1 heterocycles. The van der Waals surface area contributed by atoms with E-state index >= 15 is 0 Å². The van der Waals surface area contributed by atoms with Gasteiger partial charge >= 0.3 is 0 Å². The molecule has 3 unspecified atom stereocenters. The molecule has 2 aliphatic carbocycles. The van der Waals surface area contributed by atoms with Crippen molar-refractivity contribution in [1.82, 2.24) is 9.78 Å². The monoisotopic (exact) mass is 277 g/mol. The van der Waals surface area contributed by atoms with Gasteiger partial charge in [-0.1, -0.05) is 18.0 Å². The van der Waals surface area contributed by atoms with Crippen LogP contribution in [0.4, 0.5) is 0 Å². The summed E-state index contributed by atoms with van der Waals surface area (Å²) in [5.41, 5.74) is 1.76. The molecule has 1 aromatic heterocycles. The first kappa shape index (κ1) is 13.0. The van der Waals surface area contributed by atoms with Gasteiger partial charge in [0.1, 0.15) is 0 Å². The number of aromatic nitrogens is 2. The molecule has 102 valence electrons. The van der Waals surface area contributed by atoms with Crippen molar-refractivity contribution in [3.05, 3.63) is 16.4 Å². The molecule has 2 bridgehead atoms. The van der Waals surface area contributed by atoms with Gasteiger partial charge in [-0.2, -0.15) is 10.4 Å². The van der Waals surface area contributed by atoms with Gasteiger partial charge in [0.2, 0.25) is 0 Å². The molecule has 19 heavy (non-hydrogen) atoms. The Labute approximate surface area is 119 Å². The summed E-state index contributed by atoms with van der Waals surface area (Å²) >= 11 is 6.40. The van der Waals surface area contributed by atoms with Gasteiger partial charge < -0.3 is 0 Å². The quantitative estimate of drug-likeness (QED) is 0.845. The third-order valence-corrected chi connectivity index (χ3v) is 5.63. The predicted molar refractivity (Wildman–Crippen MR) is 74.8 cm³/mol. The lowest BCUT2D eigenvalue weighted by Gasteiger charge is -2.31. The number of aryl methyl sites for hydroxylation is 2. The Balaban J connectivity index is 1.95. The maximum absolute atomic E-state index is 9.74. The van der Waals surface area contributed by atoms with Crippen LogP contribution >= 0.6 is 11.6 Å². The Bertz CT molecular complexity index is 542. The van der Waals surface area contributed by atoms with Crippen LogP contribution in [-0.4, -0.2) is 9.78 Å².